The van der Waals surface area contributed by atoms with E-state index in [1.165, 1.54) is 18.2 Å². The van der Waals surface area contributed by atoms with Gasteiger partial charge < -0.3 is 5.32 Å². The van der Waals surface area contributed by atoms with Crippen LogP contribution >= 0.6 is 0 Å². The number of para-hydroxylation sites is 1. The van der Waals surface area contributed by atoms with Crippen molar-refractivity contribution < 1.29 is 13.2 Å². The second kappa shape index (κ2) is 6.99. The summed E-state index contributed by atoms with van der Waals surface area (Å²) in [5, 5.41) is 10.1. The number of aromatic amines is 1. The van der Waals surface area contributed by atoms with E-state index in [4.69, 9.17) is 0 Å². The molecule has 0 radical (unpaired) electrons. The molecule has 134 valence electrons. The van der Waals surface area contributed by atoms with Gasteiger partial charge in [0.15, 0.2) is 0 Å². The highest BCUT2D eigenvalue weighted by Crippen LogP contribution is 2.35. The first-order chi connectivity index (χ1) is 12.3. The average molecular weight is 360 g/mol. The lowest BCUT2D eigenvalue weighted by atomic mass is 10.1. The van der Waals surface area contributed by atoms with Crippen LogP contribution in [0.25, 0.3) is 0 Å². The largest absolute Gasteiger partial charge is 0.418 e. The zero-order chi connectivity index (χ0) is 18.7. The lowest BCUT2D eigenvalue weighted by Crippen LogP contribution is -2.19. The number of rotatable bonds is 4. The van der Waals surface area contributed by atoms with E-state index in [2.05, 4.69) is 20.5 Å². The number of nitrogens with zero attached hydrogens (tertiary/aromatic N) is 2. The Labute approximate surface area is 146 Å². The number of nitrogens with one attached hydrogen (secondary N) is 2. The van der Waals surface area contributed by atoms with Gasteiger partial charge in [-0.25, -0.2) is 0 Å². The van der Waals surface area contributed by atoms with Gasteiger partial charge in [-0.2, -0.15) is 13.2 Å². The quantitative estimate of drug-likeness (QED) is 0.742. The summed E-state index contributed by atoms with van der Waals surface area (Å²) in [7, 11) is 0. The molecule has 0 saturated carbocycles. The normalized spacial score (nSPS) is 11.4. The van der Waals surface area contributed by atoms with Gasteiger partial charge in [-0.1, -0.05) is 42.0 Å². The maximum Gasteiger partial charge on any atom is 0.418 e. The Morgan fingerprint density at radius 1 is 1.04 bits per heavy atom. The maximum atomic E-state index is 13.0. The monoisotopic (exact) mass is 360 g/mol. The number of alkyl halides is 3. The van der Waals surface area contributed by atoms with Crippen molar-refractivity contribution in [3.8, 4) is 0 Å². The predicted molar refractivity (Wildman–Crippen MR) is 91.4 cm³/mol. The molecule has 3 aromatic rings. The van der Waals surface area contributed by atoms with Crippen molar-refractivity contribution in [2.24, 2.45) is 0 Å². The molecule has 0 fully saturated rings. The molecular formula is C18H15F3N4O. The van der Waals surface area contributed by atoms with Gasteiger partial charge in [-0.05, 0) is 24.6 Å². The summed E-state index contributed by atoms with van der Waals surface area (Å²) in [6.07, 6.45) is -4.25. The average Bonchev–Trinajstić information content (AvgIpc) is 2.59. The number of H-pyrrole nitrogens is 1. The Morgan fingerprint density at radius 3 is 2.38 bits per heavy atom. The van der Waals surface area contributed by atoms with Crippen LogP contribution in [0.2, 0.25) is 0 Å². The van der Waals surface area contributed by atoms with Crippen LogP contribution in [0.15, 0.2) is 53.3 Å². The molecule has 0 aliphatic carbocycles. The number of halogens is 3. The molecule has 1 heterocycles. The summed E-state index contributed by atoms with van der Waals surface area (Å²) in [4.78, 5) is 14.6. The van der Waals surface area contributed by atoms with Gasteiger partial charge in [0.2, 0.25) is 5.95 Å². The number of aromatic nitrogens is 3. The molecule has 3 rings (SSSR count). The summed E-state index contributed by atoms with van der Waals surface area (Å²) in [5.74, 6) is -0.153. The summed E-state index contributed by atoms with van der Waals surface area (Å²) in [6.45, 7) is 1.95. The van der Waals surface area contributed by atoms with E-state index in [9.17, 15) is 18.0 Å². The molecule has 0 atom stereocenters. The van der Waals surface area contributed by atoms with Gasteiger partial charge in [0.1, 0.15) is 5.69 Å². The molecule has 8 heteroatoms. The van der Waals surface area contributed by atoms with Crippen LogP contribution in [0.4, 0.5) is 24.8 Å². The first kappa shape index (κ1) is 17.7. The minimum absolute atomic E-state index is 0.153. The van der Waals surface area contributed by atoms with E-state index in [1.807, 2.05) is 31.2 Å². The molecule has 0 unspecified atom stereocenters. The number of anilines is 2. The van der Waals surface area contributed by atoms with Crippen molar-refractivity contribution in [1.29, 1.82) is 0 Å². The van der Waals surface area contributed by atoms with Crippen LogP contribution in [0.3, 0.4) is 0 Å². The van der Waals surface area contributed by atoms with Gasteiger partial charge in [0.25, 0.3) is 5.56 Å². The highest BCUT2D eigenvalue weighted by atomic mass is 19.4. The Morgan fingerprint density at radius 2 is 1.73 bits per heavy atom. The Bertz CT molecular complexity index is 965. The molecule has 0 bridgehead atoms. The number of hydrogen-bond acceptors (Lipinski definition) is 4. The second-order valence-electron chi connectivity index (χ2n) is 5.78. The fourth-order valence-corrected chi connectivity index (χ4v) is 2.40. The minimum atomic E-state index is -4.53. The third-order valence-electron chi connectivity index (χ3n) is 3.74. The highest BCUT2D eigenvalue weighted by Gasteiger charge is 2.33. The molecule has 2 aromatic carbocycles. The lowest BCUT2D eigenvalue weighted by Gasteiger charge is -2.13. The Hall–Kier alpha value is -3.16. The van der Waals surface area contributed by atoms with Crippen LogP contribution in [-0.2, 0) is 12.6 Å². The predicted octanol–water partition coefficient (Wildman–Crippen LogP) is 3.83. The molecular weight excluding hydrogens is 345 g/mol. The van der Waals surface area contributed by atoms with Crippen molar-refractivity contribution >= 4 is 11.6 Å². The first-order valence-electron chi connectivity index (χ1n) is 7.77. The van der Waals surface area contributed by atoms with Gasteiger partial charge in [-0.15, -0.1) is 10.2 Å². The first-order valence-corrected chi connectivity index (χ1v) is 7.77. The van der Waals surface area contributed by atoms with Crippen molar-refractivity contribution in [1.82, 2.24) is 15.2 Å². The zero-order valence-electron chi connectivity index (χ0n) is 13.8. The van der Waals surface area contributed by atoms with E-state index >= 15 is 0 Å². The van der Waals surface area contributed by atoms with Gasteiger partial charge in [0.05, 0.1) is 11.3 Å². The number of benzene rings is 2. The highest BCUT2D eigenvalue weighted by molar-refractivity contribution is 5.59. The van der Waals surface area contributed by atoms with E-state index in [-0.39, 0.29) is 23.8 Å². The lowest BCUT2D eigenvalue weighted by molar-refractivity contribution is -0.136. The summed E-state index contributed by atoms with van der Waals surface area (Å²) in [5.41, 5.74) is 0.592. The summed E-state index contributed by atoms with van der Waals surface area (Å²) < 4.78 is 39.1. The molecule has 0 spiro atoms. The molecule has 26 heavy (non-hydrogen) atoms. The van der Waals surface area contributed by atoms with Gasteiger partial charge in [-0.3, -0.25) is 9.78 Å². The van der Waals surface area contributed by atoms with E-state index in [1.54, 1.807) is 0 Å². The molecule has 1 aromatic heterocycles. The van der Waals surface area contributed by atoms with Crippen LogP contribution < -0.4 is 10.9 Å². The van der Waals surface area contributed by atoms with Crippen molar-refractivity contribution in [2.45, 2.75) is 19.5 Å². The third kappa shape index (κ3) is 4.08. The minimum Gasteiger partial charge on any atom is -0.324 e. The van der Waals surface area contributed by atoms with E-state index < -0.39 is 17.3 Å². The van der Waals surface area contributed by atoms with E-state index in [0.717, 1.165) is 17.2 Å². The number of aryl methyl sites for hydroxylation is 1. The third-order valence-corrected chi connectivity index (χ3v) is 3.74. The fourth-order valence-electron chi connectivity index (χ4n) is 2.40. The molecule has 2 N–H and O–H groups in total. The zero-order valence-corrected chi connectivity index (χ0v) is 13.8. The smallest absolute Gasteiger partial charge is 0.324 e. The Kier molecular flexibility index (Phi) is 4.75. The van der Waals surface area contributed by atoms with Crippen molar-refractivity contribution in [3.63, 3.8) is 0 Å². The van der Waals surface area contributed by atoms with Crippen molar-refractivity contribution in [2.75, 3.05) is 5.32 Å². The molecule has 0 saturated heterocycles. The van der Waals surface area contributed by atoms with Crippen molar-refractivity contribution in [3.05, 3.63) is 81.3 Å². The van der Waals surface area contributed by atoms with E-state index in [0.29, 0.717) is 0 Å². The molecule has 0 aliphatic rings. The molecule has 5 nitrogen and oxygen atoms in total. The van der Waals surface area contributed by atoms with Crippen LogP contribution in [0, 0.1) is 6.92 Å². The maximum absolute atomic E-state index is 13.0. The molecule has 0 amide bonds. The van der Waals surface area contributed by atoms with Gasteiger partial charge >= 0.3 is 6.18 Å². The summed E-state index contributed by atoms with van der Waals surface area (Å²) >= 11 is 0. The standard InChI is InChI=1S/C18H15F3N4O/c1-11-6-8-12(9-7-11)10-15-16(26)23-17(25-24-15)22-14-5-3-2-4-13(14)18(19,20)21/h2-9H,10H2,1H3,(H2,22,23,25,26). The summed E-state index contributed by atoms with van der Waals surface area (Å²) in [6, 6.07) is 12.5. The van der Waals surface area contributed by atoms with Crippen LogP contribution in [0.5, 0.6) is 0 Å². The van der Waals surface area contributed by atoms with Gasteiger partial charge in [0, 0.05) is 6.42 Å². The number of hydrogen-bond donors (Lipinski definition) is 2. The fraction of sp³-hybridized carbons (Fsp3) is 0.167. The molecule has 0 aliphatic heterocycles. The second-order valence-corrected chi connectivity index (χ2v) is 5.78. The van der Waals surface area contributed by atoms with Crippen LogP contribution in [-0.4, -0.2) is 15.2 Å². The Balaban J connectivity index is 1.83. The topological polar surface area (TPSA) is 70.7 Å². The van der Waals surface area contributed by atoms with Crippen LogP contribution in [0.1, 0.15) is 22.4 Å². The SMILES string of the molecule is Cc1ccc(Cc2nnc(Nc3ccccc3C(F)(F)F)[nH]c2=O)cc1.